The van der Waals surface area contributed by atoms with Crippen molar-refractivity contribution < 1.29 is 8.78 Å². The van der Waals surface area contributed by atoms with Crippen molar-refractivity contribution in [3.8, 4) is 0 Å². The SMILES string of the molecule is CC(NCC1CC1(C)C)c1cc(F)ccc1F. The number of hydrogen-bond acceptors (Lipinski definition) is 1. The Labute approximate surface area is 101 Å². The van der Waals surface area contributed by atoms with Crippen molar-refractivity contribution in [1.29, 1.82) is 0 Å². The second-order valence-electron chi connectivity index (χ2n) is 5.69. The van der Waals surface area contributed by atoms with Crippen LogP contribution < -0.4 is 5.32 Å². The monoisotopic (exact) mass is 239 g/mol. The standard InChI is InChI=1S/C14H19F2N/c1-9(17-8-10-7-14(10,2)3)12-6-11(15)4-5-13(12)16/h4-6,9-10,17H,7-8H2,1-3H3. The maximum absolute atomic E-state index is 13.5. The molecule has 0 saturated heterocycles. The highest BCUT2D eigenvalue weighted by molar-refractivity contribution is 5.21. The molecule has 1 aromatic rings. The Bertz CT molecular complexity index is 415. The minimum Gasteiger partial charge on any atom is -0.310 e. The van der Waals surface area contributed by atoms with Gasteiger partial charge in [-0.3, -0.25) is 0 Å². The zero-order valence-electron chi connectivity index (χ0n) is 10.6. The van der Waals surface area contributed by atoms with Crippen LogP contribution in [0.5, 0.6) is 0 Å². The molecular formula is C14H19F2N. The molecule has 3 heteroatoms. The zero-order chi connectivity index (χ0) is 12.6. The van der Waals surface area contributed by atoms with Crippen LogP contribution in [0.25, 0.3) is 0 Å². The minimum atomic E-state index is -0.387. The van der Waals surface area contributed by atoms with Gasteiger partial charge in [-0.1, -0.05) is 13.8 Å². The van der Waals surface area contributed by atoms with Gasteiger partial charge in [-0.25, -0.2) is 8.78 Å². The lowest BCUT2D eigenvalue weighted by atomic mass is 10.1. The molecule has 2 unspecified atom stereocenters. The first-order chi connectivity index (χ1) is 7.90. The van der Waals surface area contributed by atoms with Gasteiger partial charge in [0.25, 0.3) is 0 Å². The van der Waals surface area contributed by atoms with Crippen LogP contribution in [0.15, 0.2) is 18.2 Å². The first-order valence-corrected chi connectivity index (χ1v) is 6.08. The molecule has 0 heterocycles. The highest BCUT2D eigenvalue weighted by Crippen LogP contribution is 2.51. The summed E-state index contributed by atoms with van der Waals surface area (Å²) in [4.78, 5) is 0. The van der Waals surface area contributed by atoms with Crippen LogP contribution in [0.2, 0.25) is 0 Å². The van der Waals surface area contributed by atoms with Crippen LogP contribution in [0.4, 0.5) is 8.78 Å². The van der Waals surface area contributed by atoms with Gasteiger partial charge in [-0.2, -0.15) is 0 Å². The largest absolute Gasteiger partial charge is 0.310 e. The van der Waals surface area contributed by atoms with E-state index >= 15 is 0 Å². The van der Waals surface area contributed by atoms with Crippen LogP contribution >= 0.6 is 0 Å². The molecule has 17 heavy (non-hydrogen) atoms. The summed E-state index contributed by atoms with van der Waals surface area (Å²) in [6.07, 6.45) is 1.21. The molecular weight excluding hydrogens is 220 g/mol. The summed E-state index contributed by atoms with van der Waals surface area (Å²) in [5, 5.41) is 3.28. The predicted molar refractivity (Wildman–Crippen MR) is 64.7 cm³/mol. The van der Waals surface area contributed by atoms with E-state index in [1.165, 1.54) is 18.6 Å². The van der Waals surface area contributed by atoms with Gasteiger partial charge >= 0.3 is 0 Å². The molecule has 1 aliphatic carbocycles. The molecule has 2 rings (SSSR count). The highest BCUT2D eigenvalue weighted by Gasteiger charge is 2.44. The third-order valence-electron chi connectivity index (χ3n) is 3.81. The molecule has 0 aliphatic heterocycles. The van der Waals surface area contributed by atoms with E-state index in [9.17, 15) is 8.78 Å². The summed E-state index contributed by atoms with van der Waals surface area (Å²) in [5.74, 6) is -0.0789. The number of nitrogens with one attached hydrogen (secondary N) is 1. The van der Waals surface area contributed by atoms with Gasteiger partial charge in [0.05, 0.1) is 0 Å². The quantitative estimate of drug-likeness (QED) is 0.845. The lowest BCUT2D eigenvalue weighted by Gasteiger charge is -2.15. The Morgan fingerprint density at radius 2 is 2.06 bits per heavy atom. The molecule has 2 atom stereocenters. The molecule has 1 fully saturated rings. The predicted octanol–water partition coefficient (Wildman–Crippen LogP) is 3.66. The Morgan fingerprint density at radius 1 is 1.41 bits per heavy atom. The highest BCUT2D eigenvalue weighted by atomic mass is 19.1. The Balaban J connectivity index is 1.95. The van der Waals surface area contributed by atoms with Gasteiger partial charge in [0, 0.05) is 11.6 Å². The summed E-state index contributed by atoms with van der Waals surface area (Å²) >= 11 is 0. The van der Waals surface area contributed by atoms with Crippen molar-refractivity contribution >= 4 is 0 Å². The van der Waals surface area contributed by atoms with Crippen LogP contribution in [0, 0.1) is 23.0 Å². The average Bonchev–Trinajstić information content (AvgIpc) is 2.87. The van der Waals surface area contributed by atoms with E-state index < -0.39 is 0 Å². The second kappa shape index (κ2) is 4.37. The molecule has 1 aromatic carbocycles. The van der Waals surface area contributed by atoms with Crippen molar-refractivity contribution in [2.24, 2.45) is 11.3 Å². The van der Waals surface area contributed by atoms with Crippen LogP contribution in [-0.2, 0) is 0 Å². The lowest BCUT2D eigenvalue weighted by Crippen LogP contribution is -2.23. The van der Waals surface area contributed by atoms with Crippen LogP contribution in [-0.4, -0.2) is 6.54 Å². The van der Waals surface area contributed by atoms with E-state index in [0.29, 0.717) is 16.9 Å². The summed E-state index contributed by atoms with van der Waals surface area (Å²) in [5.41, 5.74) is 0.816. The number of benzene rings is 1. The molecule has 0 radical (unpaired) electrons. The van der Waals surface area contributed by atoms with Crippen LogP contribution in [0.1, 0.15) is 38.8 Å². The molecule has 0 bridgehead atoms. The Hall–Kier alpha value is -0.960. The molecule has 94 valence electrons. The van der Waals surface area contributed by atoms with Gasteiger partial charge in [0.1, 0.15) is 11.6 Å². The van der Waals surface area contributed by atoms with Crippen molar-refractivity contribution in [2.75, 3.05) is 6.54 Å². The fourth-order valence-electron chi connectivity index (χ4n) is 2.20. The number of rotatable bonds is 4. The van der Waals surface area contributed by atoms with Gasteiger partial charge in [-0.05, 0) is 49.4 Å². The molecule has 0 aromatic heterocycles. The van der Waals surface area contributed by atoms with Crippen molar-refractivity contribution in [1.82, 2.24) is 5.32 Å². The zero-order valence-corrected chi connectivity index (χ0v) is 10.6. The van der Waals surface area contributed by atoms with Crippen molar-refractivity contribution in [3.63, 3.8) is 0 Å². The van der Waals surface area contributed by atoms with E-state index in [0.717, 1.165) is 12.6 Å². The first kappa shape index (κ1) is 12.5. The van der Waals surface area contributed by atoms with E-state index in [1.807, 2.05) is 6.92 Å². The minimum absolute atomic E-state index is 0.151. The fraction of sp³-hybridized carbons (Fsp3) is 0.571. The Morgan fingerprint density at radius 3 is 2.65 bits per heavy atom. The third kappa shape index (κ3) is 2.83. The third-order valence-corrected chi connectivity index (χ3v) is 3.81. The van der Waals surface area contributed by atoms with Crippen LogP contribution in [0.3, 0.4) is 0 Å². The maximum atomic E-state index is 13.5. The summed E-state index contributed by atoms with van der Waals surface area (Å²) < 4.78 is 26.6. The molecule has 1 saturated carbocycles. The topological polar surface area (TPSA) is 12.0 Å². The molecule has 1 nitrogen and oxygen atoms in total. The number of halogens is 2. The second-order valence-corrected chi connectivity index (χ2v) is 5.69. The normalized spacial score (nSPS) is 23.5. The Kier molecular flexibility index (Phi) is 3.21. The molecule has 0 amide bonds. The smallest absolute Gasteiger partial charge is 0.128 e. The van der Waals surface area contributed by atoms with Gasteiger partial charge in [0.2, 0.25) is 0 Å². The lowest BCUT2D eigenvalue weighted by molar-refractivity contribution is 0.470. The van der Waals surface area contributed by atoms with Gasteiger partial charge in [-0.15, -0.1) is 0 Å². The van der Waals surface area contributed by atoms with E-state index in [1.54, 1.807) is 0 Å². The van der Waals surface area contributed by atoms with E-state index in [-0.39, 0.29) is 17.7 Å². The summed E-state index contributed by atoms with van der Waals surface area (Å²) in [7, 11) is 0. The summed E-state index contributed by atoms with van der Waals surface area (Å²) in [6, 6.07) is 3.45. The molecule has 1 aliphatic rings. The average molecular weight is 239 g/mol. The molecule has 0 spiro atoms. The van der Waals surface area contributed by atoms with Crippen molar-refractivity contribution in [2.45, 2.75) is 33.2 Å². The van der Waals surface area contributed by atoms with Crippen molar-refractivity contribution in [3.05, 3.63) is 35.4 Å². The van der Waals surface area contributed by atoms with Gasteiger partial charge < -0.3 is 5.32 Å². The van der Waals surface area contributed by atoms with Gasteiger partial charge in [0.15, 0.2) is 0 Å². The summed E-state index contributed by atoms with van der Waals surface area (Å²) in [6.45, 7) is 7.19. The fourth-order valence-corrected chi connectivity index (χ4v) is 2.20. The maximum Gasteiger partial charge on any atom is 0.128 e. The van der Waals surface area contributed by atoms with E-state index in [4.69, 9.17) is 0 Å². The number of hydrogen-bond donors (Lipinski definition) is 1. The first-order valence-electron chi connectivity index (χ1n) is 6.08. The molecule has 1 N–H and O–H groups in total. The van der Waals surface area contributed by atoms with E-state index in [2.05, 4.69) is 19.2 Å².